The van der Waals surface area contributed by atoms with Gasteiger partial charge in [0, 0.05) is 38.8 Å². The van der Waals surface area contributed by atoms with E-state index < -0.39 is 0 Å². The van der Waals surface area contributed by atoms with E-state index in [4.69, 9.17) is 10.5 Å². The van der Waals surface area contributed by atoms with Crippen molar-refractivity contribution in [2.45, 2.75) is 25.8 Å². The van der Waals surface area contributed by atoms with Crippen molar-refractivity contribution in [2.24, 2.45) is 5.73 Å². The zero-order chi connectivity index (χ0) is 15.1. The van der Waals surface area contributed by atoms with Crippen LogP contribution in [0.2, 0.25) is 0 Å². The summed E-state index contributed by atoms with van der Waals surface area (Å²) in [6, 6.07) is 8.74. The first kappa shape index (κ1) is 16.3. The highest BCUT2D eigenvalue weighted by molar-refractivity contribution is 5.31. The molecule has 4 nitrogen and oxygen atoms in total. The molecule has 0 aromatic heterocycles. The number of hydrogen-bond donors (Lipinski definition) is 1. The minimum Gasteiger partial charge on any atom is -0.494 e. The topological polar surface area (TPSA) is 41.7 Å². The second kappa shape index (κ2) is 8.37. The summed E-state index contributed by atoms with van der Waals surface area (Å²) in [6.07, 6.45) is 2.26. The Morgan fingerprint density at radius 3 is 2.67 bits per heavy atom. The Bertz CT molecular complexity index is 416. The van der Waals surface area contributed by atoms with Gasteiger partial charge >= 0.3 is 0 Å². The van der Waals surface area contributed by atoms with Gasteiger partial charge < -0.3 is 15.4 Å². The number of benzene rings is 1. The molecule has 1 aromatic rings. The van der Waals surface area contributed by atoms with Gasteiger partial charge in [-0.2, -0.15) is 0 Å². The normalized spacial score (nSPS) is 18.6. The molecule has 1 fully saturated rings. The van der Waals surface area contributed by atoms with Crippen molar-refractivity contribution >= 4 is 0 Å². The number of likely N-dealkylation sites (N-methyl/N-ethyl adjacent to an activating group) is 1. The summed E-state index contributed by atoms with van der Waals surface area (Å²) in [6.45, 7) is 8.02. The standard InChI is InChI=1S/C17H29N3O/c1-3-4-12-21-16-7-5-6-15(13-16)17(14-18)20-10-8-19(2)9-11-20/h5-7,13,17H,3-4,8-12,14,18H2,1-2H3. The Labute approximate surface area is 128 Å². The molecule has 0 amide bonds. The quantitative estimate of drug-likeness (QED) is 0.781. The van der Waals surface area contributed by atoms with Gasteiger partial charge in [0.2, 0.25) is 0 Å². The summed E-state index contributed by atoms with van der Waals surface area (Å²) in [7, 11) is 2.18. The van der Waals surface area contributed by atoms with Gasteiger partial charge in [0.1, 0.15) is 5.75 Å². The summed E-state index contributed by atoms with van der Waals surface area (Å²) >= 11 is 0. The second-order valence-corrected chi connectivity index (χ2v) is 5.87. The van der Waals surface area contributed by atoms with Crippen LogP contribution in [0.25, 0.3) is 0 Å². The molecule has 1 aliphatic heterocycles. The fraction of sp³-hybridized carbons (Fsp3) is 0.647. The minimum absolute atomic E-state index is 0.299. The Balaban J connectivity index is 2.02. The highest BCUT2D eigenvalue weighted by Crippen LogP contribution is 2.24. The summed E-state index contributed by atoms with van der Waals surface area (Å²) in [4.78, 5) is 4.86. The van der Waals surface area contributed by atoms with Crippen LogP contribution in [-0.4, -0.2) is 56.2 Å². The van der Waals surface area contributed by atoms with Crippen LogP contribution in [0.3, 0.4) is 0 Å². The van der Waals surface area contributed by atoms with E-state index >= 15 is 0 Å². The summed E-state index contributed by atoms with van der Waals surface area (Å²) < 4.78 is 5.82. The lowest BCUT2D eigenvalue weighted by Gasteiger charge is -2.37. The van der Waals surface area contributed by atoms with E-state index in [0.29, 0.717) is 12.6 Å². The summed E-state index contributed by atoms with van der Waals surface area (Å²) in [5.74, 6) is 0.966. The molecule has 4 heteroatoms. The molecule has 1 saturated heterocycles. The van der Waals surface area contributed by atoms with E-state index in [-0.39, 0.29) is 0 Å². The number of unbranched alkanes of at least 4 members (excludes halogenated alkanes) is 1. The minimum atomic E-state index is 0.299. The van der Waals surface area contributed by atoms with Crippen molar-refractivity contribution in [1.29, 1.82) is 0 Å². The van der Waals surface area contributed by atoms with Crippen molar-refractivity contribution < 1.29 is 4.74 Å². The molecule has 2 N–H and O–H groups in total. The fourth-order valence-corrected chi connectivity index (χ4v) is 2.78. The van der Waals surface area contributed by atoms with Crippen LogP contribution in [-0.2, 0) is 0 Å². The van der Waals surface area contributed by atoms with Crippen LogP contribution >= 0.6 is 0 Å². The van der Waals surface area contributed by atoms with Gasteiger partial charge in [-0.25, -0.2) is 0 Å². The third-order valence-corrected chi connectivity index (χ3v) is 4.21. The summed E-state index contributed by atoms with van der Waals surface area (Å²) in [5.41, 5.74) is 7.32. The Kier molecular flexibility index (Phi) is 6.49. The van der Waals surface area contributed by atoms with E-state index in [9.17, 15) is 0 Å². The van der Waals surface area contributed by atoms with Crippen molar-refractivity contribution in [3.05, 3.63) is 29.8 Å². The average molecular weight is 291 g/mol. The van der Waals surface area contributed by atoms with Crippen molar-refractivity contribution in [2.75, 3.05) is 46.4 Å². The zero-order valence-corrected chi connectivity index (χ0v) is 13.4. The number of ether oxygens (including phenoxy) is 1. The van der Waals surface area contributed by atoms with Gasteiger partial charge in [0.15, 0.2) is 0 Å². The van der Waals surface area contributed by atoms with Crippen molar-refractivity contribution in [3.8, 4) is 5.75 Å². The monoisotopic (exact) mass is 291 g/mol. The van der Waals surface area contributed by atoms with Crippen LogP contribution in [0.15, 0.2) is 24.3 Å². The highest BCUT2D eigenvalue weighted by Gasteiger charge is 2.22. The molecule has 1 aliphatic rings. The molecule has 118 valence electrons. The molecule has 1 unspecified atom stereocenters. The van der Waals surface area contributed by atoms with Crippen molar-refractivity contribution in [1.82, 2.24) is 9.80 Å². The van der Waals surface area contributed by atoms with Gasteiger partial charge in [-0.05, 0) is 31.2 Å². The lowest BCUT2D eigenvalue weighted by molar-refractivity contribution is 0.114. The molecule has 1 atom stereocenters. The molecule has 0 bridgehead atoms. The molecule has 0 aliphatic carbocycles. The SMILES string of the molecule is CCCCOc1cccc(C(CN)N2CCN(C)CC2)c1. The third kappa shape index (κ3) is 4.70. The predicted octanol–water partition coefficient (Wildman–Crippen LogP) is 2.11. The second-order valence-electron chi connectivity index (χ2n) is 5.87. The Hall–Kier alpha value is -1.10. The first-order valence-electron chi connectivity index (χ1n) is 8.10. The largest absolute Gasteiger partial charge is 0.494 e. The predicted molar refractivity (Wildman–Crippen MR) is 87.7 cm³/mol. The van der Waals surface area contributed by atoms with E-state index in [1.165, 1.54) is 5.56 Å². The highest BCUT2D eigenvalue weighted by atomic mass is 16.5. The van der Waals surface area contributed by atoms with Crippen LogP contribution in [0.4, 0.5) is 0 Å². The number of hydrogen-bond acceptors (Lipinski definition) is 4. The molecule has 1 aromatic carbocycles. The number of nitrogens with two attached hydrogens (primary N) is 1. The molecular formula is C17H29N3O. The third-order valence-electron chi connectivity index (χ3n) is 4.21. The first-order valence-corrected chi connectivity index (χ1v) is 8.10. The van der Waals surface area contributed by atoms with Crippen LogP contribution < -0.4 is 10.5 Å². The first-order chi connectivity index (χ1) is 10.2. The lowest BCUT2D eigenvalue weighted by Crippen LogP contribution is -2.47. The molecule has 0 radical (unpaired) electrons. The van der Waals surface area contributed by atoms with Gasteiger partial charge in [0.25, 0.3) is 0 Å². The molecule has 0 saturated carbocycles. The maximum atomic E-state index is 6.05. The van der Waals surface area contributed by atoms with E-state index in [2.05, 4.69) is 42.0 Å². The maximum absolute atomic E-state index is 6.05. The maximum Gasteiger partial charge on any atom is 0.119 e. The Morgan fingerprint density at radius 2 is 2.00 bits per heavy atom. The van der Waals surface area contributed by atoms with E-state index in [0.717, 1.165) is 51.4 Å². The fourth-order valence-electron chi connectivity index (χ4n) is 2.78. The van der Waals surface area contributed by atoms with Crippen LogP contribution in [0.1, 0.15) is 31.4 Å². The van der Waals surface area contributed by atoms with Crippen LogP contribution in [0, 0.1) is 0 Å². The molecular weight excluding hydrogens is 262 g/mol. The zero-order valence-electron chi connectivity index (χ0n) is 13.4. The molecule has 0 spiro atoms. The van der Waals surface area contributed by atoms with Gasteiger partial charge in [-0.3, -0.25) is 4.90 Å². The van der Waals surface area contributed by atoms with E-state index in [1.54, 1.807) is 0 Å². The van der Waals surface area contributed by atoms with Gasteiger partial charge in [-0.15, -0.1) is 0 Å². The number of nitrogens with zero attached hydrogens (tertiary/aromatic N) is 2. The molecule has 1 heterocycles. The Morgan fingerprint density at radius 1 is 1.24 bits per heavy atom. The smallest absolute Gasteiger partial charge is 0.119 e. The average Bonchev–Trinajstić information content (AvgIpc) is 2.51. The lowest BCUT2D eigenvalue weighted by atomic mass is 10.0. The van der Waals surface area contributed by atoms with E-state index in [1.807, 2.05) is 6.07 Å². The van der Waals surface area contributed by atoms with Crippen molar-refractivity contribution in [3.63, 3.8) is 0 Å². The number of rotatable bonds is 7. The molecule has 21 heavy (non-hydrogen) atoms. The number of piperazine rings is 1. The van der Waals surface area contributed by atoms with Crippen LogP contribution in [0.5, 0.6) is 5.75 Å². The summed E-state index contributed by atoms with van der Waals surface area (Å²) in [5, 5.41) is 0. The van der Waals surface area contributed by atoms with Gasteiger partial charge in [-0.1, -0.05) is 25.5 Å². The van der Waals surface area contributed by atoms with Gasteiger partial charge in [0.05, 0.1) is 6.61 Å². The molecule has 2 rings (SSSR count).